The predicted molar refractivity (Wildman–Crippen MR) is 46.3 cm³/mol. The molecule has 2 N–H and O–H groups in total. The highest BCUT2D eigenvalue weighted by Gasteiger charge is 2.26. The summed E-state index contributed by atoms with van der Waals surface area (Å²) in [5.41, 5.74) is 6.06. The smallest absolute Gasteiger partial charge is 0.147 e. The van der Waals surface area contributed by atoms with Crippen LogP contribution in [-0.4, -0.2) is 0 Å². The monoisotopic (exact) mass is 194 g/mol. The van der Waals surface area contributed by atoms with Gasteiger partial charge in [-0.05, 0) is 30.0 Å². The molecule has 2 rings (SSSR count). The first-order valence-electron chi connectivity index (χ1n) is 4.31. The molecule has 0 saturated carbocycles. The molecule has 0 fully saturated rings. The summed E-state index contributed by atoms with van der Waals surface area (Å²) in [5.74, 6) is -1.56. The topological polar surface area (TPSA) is 49.8 Å². The van der Waals surface area contributed by atoms with Crippen LogP contribution in [0, 0.1) is 23.0 Å². The van der Waals surface area contributed by atoms with Crippen molar-refractivity contribution in [3.63, 3.8) is 0 Å². The summed E-state index contributed by atoms with van der Waals surface area (Å²) in [6.45, 7) is 0. The van der Waals surface area contributed by atoms with Crippen molar-refractivity contribution in [3.8, 4) is 6.07 Å². The summed E-state index contributed by atoms with van der Waals surface area (Å²) < 4.78 is 26.7. The van der Waals surface area contributed by atoms with Gasteiger partial charge < -0.3 is 5.73 Å². The quantitative estimate of drug-likeness (QED) is 0.684. The molecule has 0 unspecified atom stereocenters. The van der Waals surface area contributed by atoms with Gasteiger partial charge in [0, 0.05) is 6.04 Å². The third-order valence-corrected chi connectivity index (χ3v) is 2.57. The van der Waals surface area contributed by atoms with E-state index in [2.05, 4.69) is 0 Å². The molecule has 1 aliphatic rings. The second kappa shape index (κ2) is 3.03. The minimum atomic E-state index is -0.818. The van der Waals surface area contributed by atoms with Crippen molar-refractivity contribution in [3.05, 3.63) is 34.4 Å². The van der Waals surface area contributed by atoms with E-state index in [1.54, 1.807) is 0 Å². The van der Waals surface area contributed by atoms with Gasteiger partial charge in [-0.2, -0.15) is 5.26 Å². The van der Waals surface area contributed by atoms with Crippen LogP contribution in [0.1, 0.15) is 29.2 Å². The Morgan fingerprint density at radius 3 is 2.86 bits per heavy atom. The Morgan fingerprint density at radius 2 is 2.21 bits per heavy atom. The fraction of sp³-hybridized carbons (Fsp3) is 0.300. The molecular formula is C10H8F2N2. The lowest BCUT2D eigenvalue weighted by Crippen LogP contribution is -2.07. The van der Waals surface area contributed by atoms with Crippen LogP contribution in [0.15, 0.2) is 6.07 Å². The van der Waals surface area contributed by atoms with Crippen molar-refractivity contribution < 1.29 is 8.78 Å². The average Bonchev–Trinajstić information content (AvgIpc) is 2.49. The van der Waals surface area contributed by atoms with Crippen molar-refractivity contribution in [1.29, 1.82) is 5.26 Å². The fourth-order valence-corrected chi connectivity index (χ4v) is 1.82. The van der Waals surface area contributed by atoms with Gasteiger partial charge in [0.1, 0.15) is 23.3 Å². The minimum Gasteiger partial charge on any atom is -0.324 e. The molecule has 0 radical (unpaired) electrons. The van der Waals surface area contributed by atoms with E-state index >= 15 is 0 Å². The number of hydrogen-bond donors (Lipinski definition) is 1. The van der Waals surface area contributed by atoms with Gasteiger partial charge in [-0.1, -0.05) is 0 Å². The van der Waals surface area contributed by atoms with E-state index in [4.69, 9.17) is 11.0 Å². The van der Waals surface area contributed by atoms with Crippen LogP contribution >= 0.6 is 0 Å². The normalized spacial score (nSPS) is 19.1. The molecule has 0 aliphatic heterocycles. The molecule has 0 amide bonds. The van der Waals surface area contributed by atoms with Gasteiger partial charge in [-0.25, -0.2) is 8.78 Å². The first kappa shape index (κ1) is 9.10. The highest BCUT2D eigenvalue weighted by Crippen LogP contribution is 2.33. The van der Waals surface area contributed by atoms with Crippen LogP contribution in [0.5, 0.6) is 0 Å². The van der Waals surface area contributed by atoms with Gasteiger partial charge in [0.25, 0.3) is 0 Å². The Kier molecular flexibility index (Phi) is 1.97. The number of fused-ring (bicyclic) bond motifs is 1. The zero-order chi connectivity index (χ0) is 10.3. The van der Waals surface area contributed by atoms with E-state index in [1.165, 1.54) is 12.1 Å². The van der Waals surface area contributed by atoms with Gasteiger partial charge in [-0.3, -0.25) is 0 Å². The second-order valence-corrected chi connectivity index (χ2v) is 3.37. The molecule has 2 nitrogen and oxygen atoms in total. The zero-order valence-corrected chi connectivity index (χ0v) is 7.35. The van der Waals surface area contributed by atoms with Crippen molar-refractivity contribution in [2.24, 2.45) is 5.73 Å². The van der Waals surface area contributed by atoms with Crippen LogP contribution in [0.4, 0.5) is 8.78 Å². The Bertz CT molecular complexity index is 435. The van der Waals surface area contributed by atoms with Crippen LogP contribution in [0.3, 0.4) is 0 Å². The lowest BCUT2D eigenvalue weighted by Gasteiger charge is -2.06. The van der Waals surface area contributed by atoms with Gasteiger partial charge in [0.2, 0.25) is 0 Å². The van der Waals surface area contributed by atoms with Gasteiger partial charge in [0.05, 0.1) is 0 Å². The van der Waals surface area contributed by atoms with E-state index < -0.39 is 17.2 Å². The molecule has 1 atom stereocenters. The maximum Gasteiger partial charge on any atom is 0.147 e. The number of rotatable bonds is 0. The van der Waals surface area contributed by atoms with E-state index in [0.717, 1.165) is 0 Å². The van der Waals surface area contributed by atoms with Gasteiger partial charge in [0.15, 0.2) is 0 Å². The maximum absolute atomic E-state index is 13.5. The van der Waals surface area contributed by atoms with Crippen LogP contribution in [-0.2, 0) is 6.42 Å². The Hall–Kier alpha value is -1.47. The molecule has 0 heterocycles. The molecule has 0 saturated heterocycles. The molecule has 0 bridgehead atoms. The summed E-state index contributed by atoms with van der Waals surface area (Å²) in [5, 5.41) is 8.54. The third kappa shape index (κ3) is 1.10. The average molecular weight is 194 g/mol. The number of halogens is 2. The van der Waals surface area contributed by atoms with Crippen LogP contribution < -0.4 is 5.73 Å². The summed E-state index contributed by atoms with van der Waals surface area (Å²) in [6.07, 6.45) is 1.10. The second-order valence-electron chi connectivity index (χ2n) is 3.37. The molecule has 72 valence electrons. The van der Waals surface area contributed by atoms with Crippen LogP contribution in [0.2, 0.25) is 0 Å². The van der Waals surface area contributed by atoms with Crippen molar-refractivity contribution in [1.82, 2.24) is 0 Å². The zero-order valence-electron chi connectivity index (χ0n) is 7.35. The molecule has 0 spiro atoms. The van der Waals surface area contributed by atoms with Gasteiger partial charge >= 0.3 is 0 Å². The number of nitrogens with two attached hydrogens (primary N) is 1. The molecule has 0 aromatic heterocycles. The van der Waals surface area contributed by atoms with E-state index in [1.807, 2.05) is 0 Å². The minimum absolute atomic E-state index is 0.304. The van der Waals surface area contributed by atoms with E-state index in [-0.39, 0.29) is 6.04 Å². The summed E-state index contributed by atoms with van der Waals surface area (Å²) in [4.78, 5) is 0. The SMILES string of the molecule is N#Cc1c(F)cc2c(c1F)CC[C@H]2N. The van der Waals surface area contributed by atoms with E-state index in [9.17, 15) is 8.78 Å². The van der Waals surface area contributed by atoms with E-state index in [0.29, 0.717) is 24.0 Å². The number of benzene rings is 1. The maximum atomic E-state index is 13.5. The Morgan fingerprint density at radius 1 is 1.50 bits per heavy atom. The van der Waals surface area contributed by atoms with Crippen LogP contribution in [0.25, 0.3) is 0 Å². The fourth-order valence-electron chi connectivity index (χ4n) is 1.82. The molecule has 4 heteroatoms. The molecule has 1 aromatic carbocycles. The highest BCUT2D eigenvalue weighted by molar-refractivity contribution is 5.44. The first-order valence-corrected chi connectivity index (χ1v) is 4.31. The van der Waals surface area contributed by atoms with Gasteiger partial charge in [-0.15, -0.1) is 0 Å². The first-order chi connectivity index (χ1) is 6.65. The lowest BCUT2D eigenvalue weighted by atomic mass is 10.0. The van der Waals surface area contributed by atoms with Crippen molar-refractivity contribution >= 4 is 0 Å². The largest absolute Gasteiger partial charge is 0.324 e. The molecular weight excluding hydrogens is 186 g/mol. The Balaban J connectivity index is 2.70. The Labute approximate surface area is 79.9 Å². The lowest BCUT2D eigenvalue weighted by molar-refractivity contribution is 0.567. The highest BCUT2D eigenvalue weighted by atomic mass is 19.1. The molecule has 1 aliphatic carbocycles. The van der Waals surface area contributed by atoms with Crippen molar-refractivity contribution in [2.75, 3.05) is 0 Å². The number of nitrogens with zero attached hydrogens (tertiary/aromatic N) is 1. The summed E-state index contributed by atoms with van der Waals surface area (Å²) >= 11 is 0. The standard InChI is InChI=1S/C10H8F2N2/c11-8-3-6-5(1-2-9(6)14)10(12)7(8)4-13/h3,9H,1-2,14H2/t9-/m1/s1. The number of nitriles is 1. The molecule has 14 heavy (non-hydrogen) atoms. The third-order valence-electron chi connectivity index (χ3n) is 2.57. The summed E-state index contributed by atoms with van der Waals surface area (Å²) in [6, 6.07) is 2.39. The number of hydrogen-bond acceptors (Lipinski definition) is 2. The molecule has 1 aromatic rings. The van der Waals surface area contributed by atoms with Crippen molar-refractivity contribution in [2.45, 2.75) is 18.9 Å². The summed E-state index contributed by atoms with van der Waals surface area (Å²) in [7, 11) is 0. The predicted octanol–water partition coefficient (Wildman–Crippen LogP) is 1.78.